The second-order valence-electron chi connectivity index (χ2n) is 4.64. The van der Waals surface area contributed by atoms with Crippen LogP contribution in [-0.2, 0) is 17.9 Å². The average Bonchev–Trinajstić information content (AvgIpc) is 2.43. The number of benzene rings is 2. The van der Waals surface area contributed by atoms with Crippen molar-refractivity contribution < 1.29 is 13.5 Å². The van der Waals surface area contributed by atoms with Crippen molar-refractivity contribution in [2.45, 2.75) is 20.1 Å². The first-order chi connectivity index (χ1) is 9.61. The second-order valence-corrected chi connectivity index (χ2v) is 4.64. The fraction of sp³-hybridized carbons (Fsp3) is 0.250. The standard InChI is InChI=1S/C16H17F2NO/c1-11-7-15(18)16(8-14(11)17)19-9-12-5-3-4-6-13(12)10-20-2/h3-8,19H,9-10H2,1-2H3. The van der Waals surface area contributed by atoms with Gasteiger partial charge in [0.15, 0.2) is 0 Å². The number of halogens is 2. The van der Waals surface area contributed by atoms with Crippen molar-refractivity contribution in [2.75, 3.05) is 12.4 Å². The largest absolute Gasteiger partial charge is 0.380 e. The summed E-state index contributed by atoms with van der Waals surface area (Å²) in [5, 5.41) is 2.93. The Hall–Kier alpha value is -1.94. The number of ether oxygens (including phenoxy) is 1. The fourth-order valence-electron chi connectivity index (χ4n) is 2.00. The third kappa shape index (κ3) is 3.33. The number of anilines is 1. The van der Waals surface area contributed by atoms with Crippen molar-refractivity contribution in [1.29, 1.82) is 0 Å². The van der Waals surface area contributed by atoms with Crippen molar-refractivity contribution in [3.05, 3.63) is 64.7 Å². The van der Waals surface area contributed by atoms with Gasteiger partial charge in [-0.1, -0.05) is 24.3 Å². The highest BCUT2D eigenvalue weighted by Crippen LogP contribution is 2.20. The Balaban J connectivity index is 2.15. The predicted octanol–water partition coefficient (Wildman–Crippen LogP) is 4.03. The smallest absolute Gasteiger partial charge is 0.146 e. The molecule has 0 radical (unpaired) electrons. The maximum atomic E-state index is 13.7. The molecule has 1 N–H and O–H groups in total. The predicted molar refractivity (Wildman–Crippen MR) is 75.6 cm³/mol. The van der Waals surface area contributed by atoms with Crippen LogP contribution in [0.5, 0.6) is 0 Å². The van der Waals surface area contributed by atoms with Crippen LogP contribution >= 0.6 is 0 Å². The molecule has 20 heavy (non-hydrogen) atoms. The van der Waals surface area contributed by atoms with Crippen LogP contribution in [-0.4, -0.2) is 7.11 Å². The first-order valence-electron chi connectivity index (χ1n) is 6.37. The SMILES string of the molecule is COCc1ccccc1CNc1cc(F)c(C)cc1F. The molecule has 0 aliphatic heterocycles. The first kappa shape index (κ1) is 14.5. The van der Waals surface area contributed by atoms with Crippen LogP contribution < -0.4 is 5.32 Å². The van der Waals surface area contributed by atoms with Crippen LogP contribution in [0.25, 0.3) is 0 Å². The second kappa shape index (κ2) is 6.48. The summed E-state index contributed by atoms with van der Waals surface area (Å²) < 4.78 is 32.3. The molecular formula is C16H17F2NO. The van der Waals surface area contributed by atoms with Crippen molar-refractivity contribution in [2.24, 2.45) is 0 Å². The maximum Gasteiger partial charge on any atom is 0.146 e. The Kier molecular flexibility index (Phi) is 4.69. The molecule has 0 aliphatic carbocycles. The molecule has 2 nitrogen and oxygen atoms in total. The summed E-state index contributed by atoms with van der Waals surface area (Å²) in [6.07, 6.45) is 0. The lowest BCUT2D eigenvalue weighted by Gasteiger charge is -2.12. The number of hydrogen-bond acceptors (Lipinski definition) is 2. The Labute approximate surface area is 117 Å². The van der Waals surface area contributed by atoms with E-state index < -0.39 is 11.6 Å². The molecule has 0 amide bonds. The van der Waals surface area contributed by atoms with E-state index in [-0.39, 0.29) is 5.69 Å². The topological polar surface area (TPSA) is 21.3 Å². The van der Waals surface area contributed by atoms with Crippen LogP contribution in [0, 0.1) is 18.6 Å². The molecule has 106 valence electrons. The van der Waals surface area contributed by atoms with Crippen LogP contribution in [0.4, 0.5) is 14.5 Å². The minimum Gasteiger partial charge on any atom is -0.380 e. The molecule has 0 atom stereocenters. The zero-order valence-electron chi connectivity index (χ0n) is 11.5. The summed E-state index contributed by atoms with van der Waals surface area (Å²) in [7, 11) is 1.62. The van der Waals surface area contributed by atoms with Gasteiger partial charge in [-0.3, -0.25) is 0 Å². The van der Waals surface area contributed by atoms with Gasteiger partial charge in [-0.05, 0) is 29.7 Å². The van der Waals surface area contributed by atoms with Crippen molar-refractivity contribution in [1.82, 2.24) is 0 Å². The van der Waals surface area contributed by atoms with E-state index in [0.29, 0.717) is 18.7 Å². The molecule has 2 rings (SSSR count). The number of methoxy groups -OCH3 is 1. The van der Waals surface area contributed by atoms with Gasteiger partial charge in [-0.25, -0.2) is 8.78 Å². The zero-order chi connectivity index (χ0) is 14.5. The minimum atomic E-state index is -0.451. The highest BCUT2D eigenvalue weighted by atomic mass is 19.1. The molecule has 0 spiro atoms. The Morgan fingerprint density at radius 3 is 2.45 bits per heavy atom. The van der Waals surface area contributed by atoms with Gasteiger partial charge in [-0.15, -0.1) is 0 Å². The molecule has 0 saturated heterocycles. The number of rotatable bonds is 5. The highest BCUT2D eigenvalue weighted by molar-refractivity contribution is 5.47. The van der Waals surface area contributed by atoms with E-state index >= 15 is 0 Å². The van der Waals surface area contributed by atoms with E-state index in [1.54, 1.807) is 7.11 Å². The third-order valence-electron chi connectivity index (χ3n) is 3.14. The molecule has 0 aromatic heterocycles. The Morgan fingerprint density at radius 1 is 1.05 bits per heavy atom. The molecule has 0 aliphatic rings. The molecule has 2 aromatic rings. The Morgan fingerprint density at radius 2 is 1.75 bits per heavy atom. The van der Waals surface area contributed by atoms with Gasteiger partial charge < -0.3 is 10.1 Å². The Bertz CT molecular complexity index is 599. The lowest BCUT2D eigenvalue weighted by molar-refractivity contribution is 0.184. The van der Waals surface area contributed by atoms with Gasteiger partial charge >= 0.3 is 0 Å². The zero-order valence-corrected chi connectivity index (χ0v) is 11.5. The van der Waals surface area contributed by atoms with Crippen LogP contribution in [0.1, 0.15) is 16.7 Å². The van der Waals surface area contributed by atoms with Gasteiger partial charge in [0.25, 0.3) is 0 Å². The number of hydrogen-bond donors (Lipinski definition) is 1. The summed E-state index contributed by atoms with van der Waals surface area (Å²) in [6, 6.07) is 10.1. The summed E-state index contributed by atoms with van der Waals surface area (Å²) >= 11 is 0. The van der Waals surface area contributed by atoms with Crippen molar-refractivity contribution in [3.8, 4) is 0 Å². The summed E-state index contributed by atoms with van der Waals surface area (Å²) in [4.78, 5) is 0. The van der Waals surface area contributed by atoms with E-state index in [1.807, 2.05) is 24.3 Å². The fourth-order valence-corrected chi connectivity index (χ4v) is 2.00. The summed E-state index contributed by atoms with van der Waals surface area (Å²) in [5.41, 5.74) is 2.48. The molecule has 0 unspecified atom stereocenters. The molecule has 0 heterocycles. The van der Waals surface area contributed by atoms with E-state index in [4.69, 9.17) is 4.74 Å². The monoisotopic (exact) mass is 277 g/mol. The quantitative estimate of drug-likeness (QED) is 0.891. The lowest BCUT2D eigenvalue weighted by Crippen LogP contribution is -2.05. The molecular weight excluding hydrogens is 260 g/mol. The maximum absolute atomic E-state index is 13.7. The van der Waals surface area contributed by atoms with Crippen LogP contribution in [0.2, 0.25) is 0 Å². The highest BCUT2D eigenvalue weighted by Gasteiger charge is 2.08. The number of nitrogens with one attached hydrogen (secondary N) is 1. The molecule has 4 heteroatoms. The van der Waals surface area contributed by atoms with E-state index in [2.05, 4.69) is 5.32 Å². The van der Waals surface area contributed by atoms with Gasteiger partial charge in [-0.2, -0.15) is 0 Å². The summed E-state index contributed by atoms with van der Waals surface area (Å²) in [5.74, 6) is -0.868. The minimum absolute atomic E-state index is 0.167. The number of aryl methyl sites for hydroxylation is 1. The van der Waals surface area contributed by atoms with Crippen molar-refractivity contribution >= 4 is 5.69 Å². The van der Waals surface area contributed by atoms with Crippen LogP contribution in [0.3, 0.4) is 0 Å². The first-order valence-corrected chi connectivity index (χ1v) is 6.37. The van der Waals surface area contributed by atoms with Gasteiger partial charge in [0.2, 0.25) is 0 Å². The third-order valence-corrected chi connectivity index (χ3v) is 3.14. The average molecular weight is 277 g/mol. The van der Waals surface area contributed by atoms with Gasteiger partial charge in [0.1, 0.15) is 11.6 Å². The normalized spacial score (nSPS) is 10.6. The van der Waals surface area contributed by atoms with Gasteiger partial charge in [0, 0.05) is 19.7 Å². The molecule has 0 saturated carbocycles. The van der Waals surface area contributed by atoms with Gasteiger partial charge in [0.05, 0.1) is 12.3 Å². The van der Waals surface area contributed by atoms with E-state index in [9.17, 15) is 8.78 Å². The van der Waals surface area contributed by atoms with Crippen LogP contribution in [0.15, 0.2) is 36.4 Å². The lowest BCUT2D eigenvalue weighted by atomic mass is 10.1. The molecule has 0 bridgehead atoms. The van der Waals surface area contributed by atoms with E-state index in [0.717, 1.165) is 11.1 Å². The summed E-state index contributed by atoms with van der Waals surface area (Å²) in [6.45, 7) is 2.44. The van der Waals surface area contributed by atoms with E-state index in [1.165, 1.54) is 19.1 Å². The molecule has 2 aromatic carbocycles. The molecule has 0 fully saturated rings. The van der Waals surface area contributed by atoms with Crippen molar-refractivity contribution in [3.63, 3.8) is 0 Å².